The molecule has 0 saturated carbocycles. The van der Waals surface area contributed by atoms with Gasteiger partial charge in [-0.3, -0.25) is 4.79 Å². The summed E-state index contributed by atoms with van der Waals surface area (Å²) in [7, 11) is 5.99. The molecule has 1 amide bonds. The van der Waals surface area contributed by atoms with Crippen LogP contribution in [0.1, 0.15) is 34.9 Å². The minimum absolute atomic E-state index is 0.118. The zero-order valence-electron chi connectivity index (χ0n) is 14.1. The number of piperidine rings is 1. The molecule has 2 aromatic rings. The third kappa shape index (κ3) is 3.23. The Morgan fingerprint density at radius 1 is 1.35 bits per heavy atom. The number of amides is 1. The van der Waals surface area contributed by atoms with Gasteiger partial charge in [-0.25, -0.2) is 4.98 Å². The minimum atomic E-state index is 0.118. The molecule has 122 valence electrons. The average Bonchev–Trinajstić information content (AvgIpc) is 3.00. The van der Waals surface area contributed by atoms with E-state index in [0.717, 1.165) is 43.0 Å². The Labute approximate surface area is 137 Å². The lowest BCUT2D eigenvalue weighted by atomic mass is 9.96. The van der Waals surface area contributed by atoms with E-state index in [1.54, 1.807) is 0 Å². The van der Waals surface area contributed by atoms with Crippen LogP contribution >= 0.6 is 0 Å². The highest BCUT2D eigenvalue weighted by molar-refractivity contribution is 5.95. The number of aromatic nitrogens is 2. The van der Waals surface area contributed by atoms with Crippen molar-refractivity contribution in [1.82, 2.24) is 14.5 Å². The largest absolute Gasteiger partial charge is 0.378 e. The van der Waals surface area contributed by atoms with E-state index in [2.05, 4.69) is 9.55 Å². The molecule has 2 heterocycles. The minimum Gasteiger partial charge on any atom is -0.378 e. The molecule has 5 nitrogen and oxygen atoms in total. The first-order valence-corrected chi connectivity index (χ1v) is 8.10. The molecule has 1 aromatic carbocycles. The third-order valence-electron chi connectivity index (χ3n) is 4.54. The number of anilines is 1. The molecule has 1 saturated heterocycles. The topological polar surface area (TPSA) is 41.4 Å². The number of hydrogen-bond acceptors (Lipinski definition) is 3. The molecule has 0 aliphatic carbocycles. The number of benzene rings is 1. The highest BCUT2D eigenvalue weighted by atomic mass is 16.2. The number of imidazole rings is 1. The smallest absolute Gasteiger partial charge is 0.253 e. The molecule has 23 heavy (non-hydrogen) atoms. The number of likely N-dealkylation sites (tertiary alicyclic amines) is 1. The van der Waals surface area contributed by atoms with E-state index in [0.29, 0.717) is 5.92 Å². The molecule has 0 bridgehead atoms. The zero-order valence-corrected chi connectivity index (χ0v) is 14.1. The fourth-order valence-electron chi connectivity index (χ4n) is 3.24. The first-order chi connectivity index (χ1) is 11.1. The van der Waals surface area contributed by atoms with Crippen molar-refractivity contribution in [2.75, 3.05) is 32.1 Å². The maximum absolute atomic E-state index is 12.9. The molecule has 3 rings (SSSR count). The lowest BCUT2D eigenvalue weighted by Gasteiger charge is -2.32. The van der Waals surface area contributed by atoms with Crippen LogP contribution in [-0.2, 0) is 7.05 Å². The number of hydrogen-bond donors (Lipinski definition) is 0. The molecular weight excluding hydrogens is 288 g/mol. The fraction of sp³-hybridized carbons (Fsp3) is 0.444. The van der Waals surface area contributed by atoms with Crippen molar-refractivity contribution in [2.45, 2.75) is 18.8 Å². The van der Waals surface area contributed by atoms with Crippen molar-refractivity contribution < 1.29 is 4.79 Å². The van der Waals surface area contributed by atoms with E-state index < -0.39 is 0 Å². The first kappa shape index (κ1) is 15.6. The quantitative estimate of drug-likeness (QED) is 0.874. The van der Waals surface area contributed by atoms with Gasteiger partial charge in [0.1, 0.15) is 5.82 Å². The van der Waals surface area contributed by atoms with Crippen LogP contribution in [0.2, 0.25) is 0 Å². The second-order valence-electron chi connectivity index (χ2n) is 6.43. The summed E-state index contributed by atoms with van der Waals surface area (Å²) in [5, 5.41) is 0. The summed E-state index contributed by atoms with van der Waals surface area (Å²) in [6.07, 6.45) is 5.91. The van der Waals surface area contributed by atoms with Gasteiger partial charge < -0.3 is 14.4 Å². The monoisotopic (exact) mass is 312 g/mol. The Kier molecular flexibility index (Phi) is 4.37. The van der Waals surface area contributed by atoms with Crippen LogP contribution in [0.25, 0.3) is 0 Å². The van der Waals surface area contributed by atoms with E-state index in [1.807, 2.05) is 67.6 Å². The highest BCUT2D eigenvalue weighted by Gasteiger charge is 2.27. The predicted octanol–water partition coefficient (Wildman–Crippen LogP) is 2.51. The summed E-state index contributed by atoms with van der Waals surface area (Å²) in [5.74, 6) is 1.52. The molecule has 0 spiro atoms. The van der Waals surface area contributed by atoms with E-state index >= 15 is 0 Å². The van der Waals surface area contributed by atoms with Crippen LogP contribution in [0.3, 0.4) is 0 Å². The van der Waals surface area contributed by atoms with Crippen molar-refractivity contribution in [3.8, 4) is 0 Å². The third-order valence-corrected chi connectivity index (χ3v) is 4.54. The second kappa shape index (κ2) is 6.44. The summed E-state index contributed by atoms with van der Waals surface area (Å²) in [6.45, 7) is 1.57. The van der Waals surface area contributed by atoms with Crippen molar-refractivity contribution in [3.05, 3.63) is 48.0 Å². The standard InChI is InChI=1S/C18H24N4O/c1-20(2)16-8-4-6-14(12-16)18(23)22-10-5-7-15(13-22)17-19-9-11-21(17)3/h4,6,8-9,11-12,15H,5,7,10,13H2,1-3H3/t15-/m0/s1. The van der Waals surface area contributed by atoms with Gasteiger partial charge in [-0.15, -0.1) is 0 Å². The van der Waals surface area contributed by atoms with Crippen molar-refractivity contribution >= 4 is 11.6 Å². The van der Waals surface area contributed by atoms with Gasteiger partial charge in [0, 0.05) is 63.8 Å². The molecule has 5 heteroatoms. The number of carbonyl (C=O) groups is 1. The zero-order chi connectivity index (χ0) is 16.4. The Morgan fingerprint density at radius 2 is 2.17 bits per heavy atom. The Morgan fingerprint density at radius 3 is 2.87 bits per heavy atom. The predicted molar refractivity (Wildman–Crippen MR) is 91.9 cm³/mol. The van der Waals surface area contributed by atoms with Gasteiger partial charge >= 0.3 is 0 Å². The highest BCUT2D eigenvalue weighted by Crippen LogP contribution is 2.27. The Balaban J connectivity index is 1.77. The fourth-order valence-corrected chi connectivity index (χ4v) is 3.24. The van der Waals surface area contributed by atoms with Gasteiger partial charge in [0.05, 0.1) is 0 Å². The van der Waals surface area contributed by atoms with Crippen LogP contribution in [0.15, 0.2) is 36.7 Å². The SMILES string of the molecule is CN(C)c1cccc(C(=O)N2CCC[C@H](c3nccn3C)C2)c1. The van der Waals surface area contributed by atoms with E-state index in [4.69, 9.17) is 0 Å². The lowest BCUT2D eigenvalue weighted by Crippen LogP contribution is -2.39. The van der Waals surface area contributed by atoms with Gasteiger partial charge in [-0.1, -0.05) is 6.07 Å². The number of carbonyl (C=O) groups excluding carboxylic acids is 1. The number of nitrogens with zero attached hydrogens (tertiary/aromatic N) is 4. The van der Waals surface area contributed by atoms with Gasteiger partial charge in [0.15, 0.2) is 0 Å². The summed E-state index contributed by atoms with van der Waals surface area (Å²) < 4.78 is 2.06. The molecule has 1 aliphatic rings. The van der Waals surface area contributed by atoms with Crippen molar-refractivity contribution in [1.29, 1.82) is 0 Å². The molecule has 0 N–H and O–H groups in total. The molecule has 1 atom stereocenters. The molecule has 0 radical (unpaired) electrons. The summed E-state index contributed by atoms with van der Waals surface area (Å²) in [4.78, 5) is 21.3. The normalized spacial score (nSPS) is 18.0. The van der Waals surface area contributed by atoms with Crippen molar-refractivity contribution in [2.24, 2.45) is 7.05 Å². The first-order valence-electron chi connectivity index (χ1n) is 8.10. The maximum Gasteiger partial charge on any atom is 0.253 e. The Bertz CT molecular complexity index is 692. The summed E-state index contributed by atoms with van der Waals surface area (Å²) in [5.41, 5.74) is 1.81. The average molecular weight is 312 g/mol. The van der Waals surface area contributed by atoms with Gasteiger partial charge in [-0.05, 0) is 31.0 Å². The summed E-state index contributed by atoms with van der Waals surface area (Å²) in [6, 6.07) is 7.83. The molecular formula is C18H24N4O. The van der Waals surface area contributed by atoms with Crippen LogP contribution < -0.4 is 4.90 Å². The molecule has 0 unspecified atom stereocenters. The lowest BCUT2D eigenvalue weighted by molar-refractivity contribution is 0.0703. The van der Waals surface area contributed by atoms with Gasteiger partial charge in [0.25, 0.3) is 5.91 Å². The molecule has 1 aromatic heterocycles. The van der Waals surface area contributed by atoms with E-state index in [1.165, 1.54) is 0 Å². The van der Waals surface area contributed by atoms with Crippen LogP contribution in [0.5, 0.6) is 0 Å². The van der Waals surface area contributed by atoms with Crippen LogP contribution in [-0.4, -0.2) is 47.5 Å². The Hall–Kier alpha value is -2.30. The molecule has 1 aliphatic heterocycles. The van der Waals surface area contributed by atoms with Crippen LogP contribution in [0.4, 0.5) is 5.69 Å². The molecule has 1 fully saturated rings. The van der Waals surface area contributed by atoms with Crippen LogP contribution in [0, 0.1) is 0 Å². The van der Waals surface area contributed by atoms with Gasteiger partial charge in [0.2, 0.25) is 0 Å². The van der Waals surface area contributed by atoms with E-state index in [-0.39, 0.29) is 5.91 Å². The summed E-state index contributed by atoms with van der Waals surface area (Å²) >= 11 is 0. The second-order valence-corrected chi connectivity index (χ2v) is 6.43. The number of aryl methyl sites for hydroxylation is 1. The van der Waals surface area contributed by atoms with Crippen molar-refractivity contribution in [3.63, 3.8) is 0 Å². The number of rotatable bonds is 3. The maximum atomic E-state index is 12.9. The van der Waals surface area contributed by atoms with E-state index in [9.17, 15) is 4.79 Å². The van der Waals surface area contributed by atoms with Gasteiger partial charge in [-0.2, -0.15) is 0 Å².